The van der Waals surface area contributed by atoms with Gasteiger partial charge in [0.15, 0.2) is 0 Å². The summed E-state index contributed by atoms with van der Waals surface area (Å²) in [6.45, 7) is 1.93. The summed E-state index contributed by atoms with van der Waals surface area (Å²) in [5.41, 5.74) is 6.77. The second kappa shape index (κ2) is 8.62. The van der Waals surface area contributed by atoms with Crippen LogP contribution in [0.15, 0.2) is 29.6 Å². The number of nitrogens with two attached hydrogens (primary N) is 1. The Hall–Kier alpha value is -1.96. The molecule has 2 amide bonds. The lowest BCUT2D eigenvalue weighted by molar-refractivity contribution is -0.126. The standard InChI is InChI=1S/C18H21ClN4O2S/c19-14-5-3-12(4-6-14)17-22-15(11-26-17)18(25)23-9-1-2-13(10-23)16(24)21-8-7-20/h3-6,11,13H,1-2,7-10,20H2,(H,21,24). The predicted octanol–water partition coefficient (Wildman–Crippen LogP) is 2.39. The average Bonchev–Trinajstić information content (AvgIpc) is 3.16. The van der Waals surface area contributed by atoms with Gasteiger partial charge in [-0.25, -0.2) is 4.98 Å². The summed E-state index contributed by atoms with van der Waals surface area (Å²) in [5, 5.41) is 6.01. The van der Waals surface area contributed by atoms with Crippen LogP contribution in [0.2, 0.25) is 5.02 Å². The normalized spacial score (nSPS) is 17.2. The number of nitrogens with one attached hydrogen (secondary N) is 1. The monoisotopic (exact) mass is 392 g/mol. The van der Waals surface area contributed by atoms with Crippen molar-refractivity contribution < 1.29 is 9.59 Å². The first-order valence-corrected chi connectivity index (χ1v) is 9.82. The summed E-state index contributed by atoms with van der Waals surface area (Å²) in [4.78, 5) is 31.1. The van der Waals surface area contributed by atoms with Gasteiger partial charge < -0.3 is 16.0 Å². The van der Waals surface area contributed by atoms with Crippen molar-refractivity contribution in [3.05, 3.63) is 40.4 Å². The van der Waals surface area contributed by atoms with E-state index in [9.17, 15) is 9.59 Å². The Bertz CT molecular complexity index is 778. The zero-order valence-electron chi connectivity index (χ0n) is 14.3. The van der Waals surface area contributed by atoms with Gasteiger partial charge in [0.2, 0.25) is 5.91 Å². The van der Waals surface area contributed by atoms with Gasteiger partial charge in [-0.2, -0.15) is 0 Å². The summed E-state index contributed by atoms with van der Waals surface area (Å²) < 4.78 is 0. The van der Waals surface area contributed by atoms with Crippen molar-refractivity contribution in [3.8, 4) is 10.6 Å². The highest BCUT2D eigenvalue weighted by atomic mass is 35.5. The summed E-state index contributed by atoms with van der Waals surface area (Å²) in [5.74, 6) is -0.348. The highest BCUT2D eigenvalue weighted by Gasteiger charge is 2.29. The Balaban J connectivity index is 1.67. The van der Waals surface area contributed by atoms with Crippen LogP contribution in [0.1, 0.15) is 23.3 Å². The molecule has 0 bridgehead atoms. The number of halogens is 1. The molecule has 0 spiro atoms. The molecular weight excluding hydrogens is 372 g/mol. The van der Waals surface area contributed by atoms with E-state index in [1.807, 2.05) is 12.1 Å². The number of piperidine rings is 1. The molecule has 1 fully saturated rings. The number of likely N-dealkylation sites (tertiary alicyclic amines) is 1. The first-order chi connectivity index (χ1) is 12.6. The molecule has 6 nitrogen and oxygen atoms in total. The van der Waals surface area contributed by atoms with Crippen molar-refractivity contribution in [1.82, 2.24) is 15.2 Å². The van der Waals surface area contributed by atoms with Gasteiger partial charge in [-0.05, 0) is 25.0 Å². The summed E-state index contributed by atoms with van der Waals surface area (Å²) in [6, 6.07) is 7.37. The van der Waals surface area contributed by atoms with E-state index in [0.717, 1.165) is 23.4 Å². The van der Waals surface area contributed by atoms with E-state index in [-0.39, 0.29) is 17.7 Å². The van der Waals surface area contributed by atoms with E-state index in [1.165, 1.54) is 11.3 Å². The van der Waals surface area contributed by atoms with E-state index in [1.54, 1.807) is 22.4 Å². The largest absolute Gasteiger partial charge is 0.355 e. The molecule has 1 aromatic carbocycles. The number of thiazole rings is 1. The molecular formula is C18H21ClN4O2S. The first-order valence-electron chi connectivity index (χ1n) is 8.57. The minimum absolute atomic E-state index is 0.0342. The van der Waals surface area contributed by atoms with Gasteiger partial charge in [-0.3, -0.25) is 9.59 Å². The Labute approximate surface area is 161 Å². The molecule has 0 aliphatic carbocycles. The molecule has 1 aliphatic heterocycles. The molecule has 1 aliphatic rings. The van der Waals surface area contributed by atoms with E-state index in [4.69, 9.17) is 17.3 Å². The fraction of sp³-hybridized carbons (Fsp3) is 0.389. The quantitative estimate of drug-likeness (QED) is 0.817. The third-order valence-electron chi connectivity index (χ3n) is 4.34. The van der Waals surface area contributed by atoms with E-state index in [2.05, 4.69) is 10.3 Å². The van der Waals surface area contributed by atoms with Crippen LogP contribution in [0.3, 0.4) is 0 Å². The summed E-state index contributed by atoms with van der Waals surface area (Å²) in [6.07, 6.45) is 1.59. The van der Waals surface area contributed by atoms with Crippen molar-refractivity contribution >= 4 is 34.8 Å². The first kappa shape index (κ1) is 18.8. The lowest BCUT2D eigenvalue weighted by Crippen LogP contribution is -2.46. The number of hydrogen-bond acceptors (Lipinski definition) is 5. The molecule has 1 aromatic heterocycles. The topological polar surface area (TPSA) is 88.3 Å². The number of benzene rings is 1. The zero-order valence-corrected chi connectivity index (χ0v) is 15.9. The molecule has 1 unspecified atom stereocenters. The third kappa shape index (κ3) is 4.41. The second-order valence-corrected chi connectivity index (χ2v) is 7.51. The Morgan fingerprint density at radius 1 is 1.35 bits per heavy atom. The fourth-order valence-corrected chi connectivity index (χ4v) is 3.90. The van der Waals surface area contributed by atoms with E-state index in [0.29, 0.717) is 36.9 Å². The molecule has 2 aromatic rings. The van der Waals surface area contributed by atoms with Crippen molar-refractivity contribution in [2.24, 2.45) is 11.7 Å². The molecule has 1 saturated heterocycles. The molecule has 3 rings (SSSR count). The molecule has 26 heavy (non-hydrogen) atoms. The van der Waals surface area contributed by atoms with Crippen molar-refractivity contribution in [2.45, 2.75) is 12.8 Å². The Morgan fingerprint density at radius 3 is 2.85 bits per heavy atom. The second-order valence-electron chi connectivity index (χ2n) is 6.21. The number of nitrogens with zero attached hydrogens (tertiary/aromatic N) is 2. The van der Waals surface area contributed by atoms with Crippen LogP contribution in [0.25, 0.3) is 10.6 Å². The van der Waals surface area contributed by atoms with Crippen LogP contribution >= 0.6 is 22.9 Å². The maximum Gasteiger partial charge on any atom is 0.273 e. The molecule has 0 radical (unpaired) electrons. The molecule has 0 saturated carbocycles. The molecule has 8 heteroatoms. The highest BCUT2D eigenvalue weighted by molar-refractivity contribution is 7.13. The number of rotatable bonds is 5. The fourth-order valence-electron chi connectivity index (χ4n) is 2.97. The van der Waals surface area contributed by atoms with E-state index >= 15 is 0 Å². The van der Waals surface area contributed by atoms with Crippen LogP contribution < -0.4 is 11.1 Å². The van der Waals surface area contributed by atoms with Gasteiger partial charge in [0, 0.05) is 42.1 Å². The van der Waals surface area contributed by atoms with Crippen LogP contribution in [-0.2, 0) is 4.79 Å². The maximum atomic E-state index is 12.8. The summed E-state index contributed by atoms with van der Waals surface area (Å²) in [7, 11) is 0. The molecule has 2 heterocycles. The Kier molecular flexibility index (Phi) is 6.24. The third-order valence-corrected chi connectivity index (χ3v) is 5.48. The van der Waals surface area contributed by atoms with Gasteiger partial charge in [-0.1, -0.05) is 23.7 Å². The predicted molar refractivity (Wildman–Crippen MR) is 103 cm³/mol. The van der Waals surface area contributed by atoms with Crippen LogP contribution in [-0.4, -0.2) is 47.9 Å². The SMILES string of the molecule is NCCNC(=O)C1CCCN(C(=O)c2csc(-c3ccc(Cl)cc3)n2)C1. The highest BCUT2D eigenvalue weighted by Crippen LogP contribution is 2.26. The average molecular weight is 393 g/mol. The zero-order chi connectivity index (χ0) is 18.5. The number of carbonyl (C=O) groups is 2. The molecule has 3 N–H and O–H groups in total. The lowest BCUT2D eigenvalue weighted by atomic mass is 9.97. The smallest absolute Gasteiger partial charge is 0.273 e. The number of amides is 2. The summed E-state index contributed by atoms with van der Waals surface area (Å²) >= 11 is 7.33. The van der Waals surface area contributed by atoms with Crippen LogP contribution in [0, 0.1) is 5.92 Å². The number of carbonyl (C=O) groups excluding carboxylic acids is 2. The van der Waals surface area contributed by atoms with Crippen molar-refractivity contribution in [1.29, 1.82) is 0 Å². The van der Waals surface area contributed by atoms with Gasteiger partial charge in [0.25, 0.3) is 5.91 Å². The lowest BCUT2D eigenvalue weighted by Gasteiger charge is -2.31. The number of aromatic nitrogens is 1. The van der Waals surface area contributed by atoms with Gasteiger partial charge in [0.1, 0.15) is 10.7 Å². The van der Waals surface area contributed by atoms with E-state index < -0.39 is 0 Å². The van der Waals surface area contributed by atoms with Crippen LogP contribution in [0.4, 0.5) is 0 Å². The molecule has 138 valence electrons. The maximum absolute atomic E-state index is 12.8. The van der Waals surface area contributed by atoms with Crippen molar-refractivity contribution in [2.75, 3.05) is 26.2 Å². The van der Waals surface area contributed by atoms with Gasteiger partial charge >= 0.3 is 0 Å². The molecule has 1 atom stereocenters. The number of hydrogen-bond donors (Lipinski definition) is 2. The van der Waals surface area contributed by atoms with Crippen LogP contribution in [0.5, 0.6) is 0 Å². The van der Waals surface area contributed by atoms with Gasteiger partial charge in [-0.15, -0.1) is 11.3 Å². The van der Waals surface area contributed by atoms with Gasteiger partial charge in [0.05, 0.1) is 5.92 Å². The minimum Gasteiger partial charge on any atom is -0.355 e. The minimum atomic E-state index is -0.186. The Morgan fingerprint density at radius 2 is 2.12 bits per heavy atom. The van der Waals surface area contributed by atoms with Crippen molar-refractivity contribution in [3.63, 3.8) is 0 Å².